The van der Waals surface area contributed by atoms with Crippen molar-refractivity contribution in [1.82, 2.24) is 0 Å². The summed E-state index contributed by atoms with van der Waals surface area (Å²) >= 11 is 6.13. The molecular weight excluding hydrogens is 376 g/mol. The molecule has 4 nitrogen and oxygen atoms in total. The Hall–Kier alpha value is -1.91. The van der Waals surface area contributed by atoms with Crippen LogP contribution in [0.3, 0.4) is 0 Å². The summed E-state index contributed by atoms with van der Waals surface area (Å²) in [5, 5.41) is 0. The van der Waals surface area contributed by atoms with Crippen LogP contribution in [0, 0.1) is 20.8 Å². The fourth-order valence-electron chi connectivity index (χ4n) is 4.49. The summed E-state index contributed by atoms with van der Waals surface area (Å²) in [5.74, 6) is 3.40. The molecule has 0 fully saturated rings. The SMILES string of the molecule is COCOc1c(C)c(C)c2c(c1C)C1CC(C)(COc3ccc(CCl)cc31)O2. The molecule has 4 rings (SSSR count). The Morgan fingerprint density at radius 3 is 2.68 bits per heavy atom. The first-order valence-electron chi connectivity index (χ1n) is 9.64. The summed E-state index contributed by atoms with van der Waals surface area (Å²) < 4.78 is 23.9. The second-order valence-electron chi connectivity index (χ2n) is 8.10. The number of alkyl halides is 1. The van der Waals surface area contributed by atoms with Gasteiger partial charge in [-0.3, -0.25) is 0 Å². The highest BCUT2D eigenvalue weighted by atomic mass is 35.5. The van der Waals surface area contributed by atoms with Crippen LogP contribution in [0.1, 0.15) is 52.6 Å². The molecule has 0 radical (unpaired) electrons. The Balaban J connectivity index is 1.96. The minimum atomic E-state index is -0.379. The molecule has 0 aromatic heterocycles. The van der Waals surface area contributed by atoms with Crippen molar-refractivity contribution in [2.24, 2.45) is 0 Å². The zero-order chi connectivity index (χ0) is 20.1. The van der Waals surface area contributed by atoms with E-state index in [0.29, 0.717) is 12.5 Å². The van der Waals surface area contributed by atoms with Gasteiger partial charge in [0.2, 0.25) is 0 Å². The summed E-state index contributed by atoms with van der Waals surface area (Å²) in [4.78, 5) is 0. The molecule has 0 aliphatic carbocycles. The van der Waals surface area contributed by atoms with Crippen molar-refractivity contribution in [3.05, 3.63) is 51.6 Å². The Bertz CT molecular complexity index is 924. The lowest BCUT2D eigenvalue weighted by Gasteiger charge is -2.40. The average molecular weight is 403 g/mol. The van der Waals surface area contributed by atoms with Gasteiger partial charge in [0.1, 0.15) is 29.5 Å². The zero-order valence-electron chi connectivity index (χ0n) is 17.1. The lowest BCUT2D eigenvalue weighted by molar-refractivity contribution is 0.0187. The third kappa shape index (κ3) is 3.03. The largest absolute Gasteiger partial charge is 0.489 e. The van der Waals surface area contributed by atoms with Crippen LogP contribution in [0.15, 0.2) is 18.2 Å². The Kier molecular flexibility index (Phi) is 4.96. The molecular formula is C23H27ClO4. The molecule has 2 heterocycles. The molecule has 0 amide bonds. The maximum atomic E-state index is 6.57. The van der Waals surface area contributed by atoms with E-state index < -0.39 is 0 Å². The Morgan fingerprint density at radius 1 is 1.18 bits per heavy atom. The quantitative estimate of drug-likeness (QED) is 0.507. The first-order chi connectivity index (χ1) is 13.4. The molecule has 0 spiro atoms. The number of rotatable bonds is 4. The van der Waals surface area contributed by atoms with E-state index in [1.54, 1.807) is 7.11 Å². The number of halogens is 1. The van der Waals surface area contributed by atoms with Crippen LogP contribution in [0.4, 0.5) is 0 Å². The molecule has 2 unspecified atom stereocenters. The van der Waals surface area contributed by atoms with Gasteiger partial charge in [-0.15, -0.1) is 11.6 Å². The summed E-state index contributed by atoms with van der Waals surface area (Å²) in [5.41, 5.74) is 6.38. The lowest BCUT2D eigenvalue weighted by atomic mass is 9.76. The number of hydrogen-bond donors (Lipinski definition) is 0. The first kappa shape index (κ1) is 19.4. The van der Waals surface area contributed by atoms with Crippen molar-refractivity contribution < 1.29 is 18.9 Å². The highest BCUT2D eigenvalue weighted by molar-refractivity contribution is 6.17. The van der Waals surface area contributed by atoms with Crippen LogP contribution in [0.2, 0.25) is 0 Å². The van der Waals surface area contributed by atoms with Crippen LogP contribution in [0.5, 0.6) is 17.2 Å². The number of fused-ring (bicyclic) bond motifs is 6. The standard InChI is InChI=1S/C23H27ClO4/c1-13-14(2)22-20(15(3)21(13)27-12-25-5)18-9-23(4,28-22)11-26-19-7-6-16(10-24)8-17(18)19/h6-8,18H,9-12H2,1-5H3. The van der Waals surface area contributed by atoms with E-state index in [4.69, 9.17) is 30.5 Å². The van der Waals surface area contributed by atoms with Crippen LogP contribution >= 0.6 is 11.6 Å². The highest BCUT2D eigenvalue weighted by Gasteiger charge is 2.44. The van der Waals surface area contributed by atoms with Gasteiger partial charge in [0, 0.05) is 36.5 Å². The van der Waals surface area contributed by atoms with Crippen LogP contribution in [0.25, 0.3) is 0 Å². The van der Waals surface area contributed by atoms with Gasteiger partial charge in [-0.1, -0.05) is 12.1 Å². The second-order valence-corrected chi connectivity index (χ2v) is 8.37. The molecule has 2 bridgehead atoms. The van der Waals surface area contributed by atoms with Crippen molar-refractivity contribution in [2.45, 2.75) is 51.5 Å². The van der Waals surface area contributed by atoms with E-state index >= 15 is 0 Å². The van der Waals surface area contributed by atoms with Crippen molar-refractivity contribution in [3.8, 4) is 17.2 Å². The normalized spacial score (nSPS) is 22.4. The summed E-state index contributed by atoms with van der Waals surface area (Å²) in [6, 6.07) is 6.25. The van der Waals surface area contributed by atoms with E-state index in [1.807, 2.05) is 12.1 Å². The maximum absolute atomic E-state index is 6.57. The molecule has 150 valence electrons. The van der Waals surface area contributed by atoms with Crippen molar-refractivity contribution in [1.29, 1.82) is 0 Å². The molecule has 2 aliphatic rings. The van der Waals surface area contributed by atoms with Gasteiger partial charge in [-0.25, -0.2) is 0 Å². The summed E-state index contributed by atoms with van der Waals surface area (Å²) in [6.45, 7) is 9.17. The fraction of sp³-hybridized carbons (Fsp3) is 0.478. The minimum absolute atomic E-state index is 0.165. The van der Waals surface area contributed by atoms with E-state index in [9.17, 15) is 0 Å². The number of hydrogen-bond acceptors (Lipinski definition) is 4. The number of ether oxygens (including phenoxy) is 4. The highest BCUT2D eigenvalue weighted by Crippen LogP contribution is 2.53. The van der Waals surface area contributed by atoms with Crippen molar-refractivity contribution in [3.63, 3.8) is 0 Å². The Labute approximate surface area is 171 Å². The minimum Gasteiger partial charge on any atom is -0.489 e. The van der Waals surface area contributed by atoms with E-state index in [-0.39, 0.29) is 18.3 Å². The monoisotopic (exact) mass is 402 g/mol. The van der Waals surface area contributed by atoms with Crippen molar-refractivity contribution in [2.75, 3.05) is 20.5 Å². The first-order valence-corrected chi connectivity index (χ1v) is 10.2. The van der Waals surface area contributed by atoms with Gasteiger partial charge < -0.3 is 18.9 Å². The molecule has 2 aliphatic heterocycles. The molecule has 0 N–H and O–H groups in total. The van der Waals surface area contributed by atoms with Gasteiger partial charge in [0.05, 0.1) is 0 Å². The topological polar surface area (TPSA) is 36.9 Å². The number of benzene rings is 2. The van der Waals surface area contributed by atoms with E-state index in [1.165, 1.54) is 11.1 Å². The predicted molar refractivity (Wildman–Crippen MR) is 110 cm³/mol. The summed E-state index contributed by atoms with van der Waals surface area (Å²) in [6.07, 6.45) is 0.853. The Morgan fingerprint density at radius 2 is 1.96 bits per heavy atom. The van der Waals surface area contributed by atoms with Gasteiger partial charge in [0.15, 0.2) is 6.79 Å². The predicted octanol–water partition coefficient (Wildman–Crippen LogP) is 5.40. The molecule has 2 atom stereocenters. The van der Waals surface area contributed by atoms with Crippen LogP contribution < -0.4 is 14.2 Å². The molecule has 2 aromatic carbocycles. The van der Waals surface area contributed by atoms with Crippen molar-refractivity contribution >= 4 is 11.6 Å². The van der Waals surface area contributed by atoms with Crippen LogP contribution in [-0.2, 0) is 10.6 Å². The molecule has 5 heteroatoms. The summed E-state index contributed by atoms with van der Waals surface area (Å²) in [7, 11) is 1.64. The molecule has 0 saturated heterocycles. The van der Waals surface area contributed by atoms with E-state index in [2.05, 4.69) is 33.8 Å². The van der Waals surface area contributed by atoms with Crippen LogP contribution in [-0.4, -0.2) is 26.1 Å². The molecule has 2 aromatic rings. The van der Waals surface area contributed by atoms with E-state index in [0.717, 1.165) is 45.9 Å². The third-order valence-corrected chi connectivity index (χ3v) is 6.33. The third-order valence-electron chi connectivity index (χ3n) is 6.02. The second kappa shape index (κ2) is 7.16. The molecule has 0 saturated carbocycles. The number of methoxy groups -OCH3 is 1. The zero-order valence-corrected chi connectivity index (χ0v) is 17.9. The van der Waals surface area contributed by atoms with Gasteiger partial charge in [-0.05, 0) is 56.0 Å². The van der Waals surface area contributed by atoms with Gasteiger partial charge in [0.25, 0.3) is 0 Å². The fourth-order valence-corrected chi connectivity index (χ4v) is 4.66. The van der Waals surface area contributed by atoms with Gasteiger partial charge in [-0.2, -0.15) is 0 Å². The maximum Gasteiger partial charge on any atom is 0.188 e. The van der Waals surface area contributed by atoms with Gasteiger partial charge >= 0.3 is 0 Å². The molecule has 28 heavy (non-hydrogen) atoms. The average Bonchev–Trinajstić information content (AvgIpc) is 2.80. The smallest absolute Gasteiger partial charge is 0.188 e. The lowest BCUT2D eigenvalue weighted by Crippen LogP contribution is -2.42.